The van der Waals surface area contributed by atoms with Crippen molar-refractivity contribution in [2.24, 2.45) is 5.92 Å². The molecule has 0 saturated heterocycles. The van der Waals surface area contributed by atoms with E-state index in [0.717, 1.165) is 17.0 Å². The quantitative estimate of drug-likeness (QED) is 0.588. The van der Waals surface area contributed by atoms with E-state index in [2.05, 4.69) is 5.10 Å². The Labute approximate surface area is 176 Å². The smallest absolute Gasteiger partial charge is 0.270 e. The number of imide groups is 1. The van der Waals surface area contributed by atoms with Crippen molar-refractivity contribution in [3.8, 4) is 11.3 Å². The summed E-state index contributed by atoms with van der Waals surface area (Å²) in [6, 6.07) is 10.8. The molecule has 0 unspecified atom stereocenters. The van der Waals surface area contributed by atoms with Gasteiger partial charge in [-0.25, -0.2) is 13.5 Å². The summed E-state index contributed by atoms with van der Waals surface area (Å²) in [6.07, 6.45) is 0. The predicted molar refractivity (Wildman–Crippen MR) is 109 cm³/mol. The van der Waals surface area contributed by atoms with E-state index in [1.165, 1.54) is 16.8 Å². The largest absolute Gasteiger partial charge is 0.271 e. The molecule has 0 fully saturated rings. The normalized spacial score (nSPS) is 13.3. The van der Waals surface area contributed by atoms with Crippen LogP contribution in [0.2, 0.25) is 0 Å². The van der Waals surface area contributed by atoms with Gasteiger partial charge in [-0.2, -0.15) is 5.10 Å². The van der Waals surface area contributed by atoms with Gasteiger partial charge in [0.05, 0.1) is 23.4 Å². The molecule has 6 nitrogen and oxygen atoms in total. The Kier molecular flexibility index (Phi) is 5.22. The lowest BCUT2D eigenvalue weighted by Gasteiger charge is -2.17. The number of fused-ring (bicyclic) bond motifs is 1. The lowest BCUT2D eigenvalue weighted by Crippen LogP contribution is -2.35. The number of amides is 2. The van der Waals surface area contributed by atoms with Gasteiger partial charge in [-0.05, 0) is 36.2 Å². The highest BCUT2D eigenvalue weighted by Gasteiger charge is 2.35. The summed E-state index contributed by atoms with van der Waals surface area (Å²) < 4.78 is 28.9. The highest BCUT2D eigenvalue weighted by molar-refractivity contribution is 6.21. The molecule has 0 atom stereocenters. The van der Waals surface area contributed by atoms with E-state index < -0.39 is 29.0 Å². The van der Waals surface area contributed by atoms with E-state index in [-0.39, 0.29) is 47.0 Å². The first-order chi connectivity index (χ1) is 14.8. The number of halogens is 2. The van der Waals surface area contributed by atoms with Crippen molar-refractivity contribution in [3.63, 3.8) is 0 Å². The maximum atomic E-state index is 14.4. The minimum Gasteiger partial charge on any atom is -0.270 e. The molecule has 31 heavy (non-hydrogen) atoms. The Hall–Kier alpha value is -3.68. The van der Waals surface area contributed by atoms with Gasteiger partial charge in [0.15, 0.2) is 0 Å². The van der Waals surface area contributed by atoms with Crippen LogP contribution in [0.1, 0.15) is 40.1 Å². The van der Waals surface area contributed by atoms with E-state index in [4.69, 9.17) is 0 Å². The fourth-order valence-corrected chi connectivity index (χ4v) is 3.56. The highest BCUT2D eigenvalue weighted by Crippen LogP contribution is 2.26. The molecule has 1 aliphatic rings. The average Bonchev–Trinajstić information content (AvgIpc) is 2.95. The summed E-state index contributed by atoms with van der Waals surface area (Å²) >= 11 is 0. The van der Waals surface area contributed by atoms with Gasteiger partial charge in [0.25, 0.3) is 17.4 Å². The summed E-state index contributed by atoms with van der Waals surface area (Å²) in [5.74, 6) is -2.49. The molecular weight excluding hydrogens is 404 g/mol. The molecule has 0 spiro atoms. The third kappa shape index (κ3) is 3.76. The fourth-order valence-electron chi connectivity index (χ4n) is 3.56. The standard InChI is InChI=1S/C23H19F2N3O3/c1-13(2)11-28-21(29)14(9-20(26-28)18-8-7-15(24)10-19(18)25)12-27-22(30)16-5-3-4-6-17(16)23(27)31/h3-10,13H,11-12H2,1-2H3. The summed E-state index contributed by atoms with van der Waals surface area (Å²) in [5, 5.41) is 4.24. The van der Waals surface area contributed by atoms with Crippen LogP contribution in [0.3, 0.4) is 0 Å². The number of benzene rings is 2. The van der Waals surface area contributed by atoms with Gasteiger partial charge in [0.1, 0.15) is 11.6 Å². The van der Waals surface area contributed by atoms with Crippen molar-refractivity contribution in [3.05, 3.63) is 87.2 Å². The topological polar surface area (TPSA) is 72.3 Å². The molecule has 1 aromatic heterocycles. The predicted octanol–water partition coefficient (Wildman–Crippen LogP) is 3.64. The summed E-state index contributed by atoms with van der Waals surface area (Å²) in [7, 11) is 0. The number of rotatable bonds is 5. The van der Waals surface area contributed by atoms with Crippen molar-refractivity contribution in [1.82, 2.24) is 14.7 Å². The van der Waals surface area contributed by atoms with Crippen molar-refractivity contribution < 1.29 is 18.4 Å². The van der Waals surface area contributed by atoms with E-state index in [0.29, 0.717) is 0 Å². The molecule has 0 aliphatic carbocycles. The average molecular weight is 423 g/mol. The minimum atomic E-state index is -0.825. The van der Waals surface area contributed by atoms with E-state index in [9.17, 15) is 23.2 Å². The van der Waals surface area contributed by atoms with Gasteiger partial charge in [0.2, 0.25) is 0 Å². The molecule has 3 aromatic rings. The Morgan fingerprint density at radius 2 is 1.55 bits per heavy atom. The molecule has 0 bridgehead atoms. The zero-order valence-electron chi connectivity index (χ0n) is 16.9. The Balaban J connectivity index is 1.79. The Morgan fingerprint density at radius 3 is 2.13 bits per heavy atom. The number of hydrogen-bond acceptors (Lipinski definition) is 4. The van der Waals surface area contributed by atoms with E-state index in [1.807, 2.05) is 13.8 Å². The van der Waals surface area contributed by atoms with Crippen LogP contribution >= 0.6 is 0 Å². The Morgan fingerprint density at radius 1 is 0.903 bits per heavy atom. The molecule has 2 aromatic carbocycles. The number of carbonyl (C=O) groups is 2. The number of nitrogens with zero attached hydrogens (tertiary/aromatic N) is 3. The second kappa shape index (κ2) is 7.86. The first-order valence-corrected chi connectivity index (χ1v) is 9.78. The first kappa shape index (κ1) is 20.6. The van der Waals surface area contributed by atoms with Crippen LogP contribution in [0.5, 0.6) is 0 Å². The summed E-state index contributed by atoms with van der Waals surface area (Å²) in [6.45, 7) is 3.76. The number of aromatic nitrogens is 2. The van der Waals surface area contributed by atoms with Crippen molar-refractivity contribution in [2.45, 2.75) is 26.9 Å². The SMILES string of the molecule is CC(C)Cn1nc(-c2ccc(F)cc2F)cc(CN2C(=O)c3ccccc3C2=O)c1=O. The maximum absolute atomic E-state index is 14.4. The van der Waals surface area contributed by atoms with E-state index in [1.54, 1.807) is 24.3 Å². The van der Waals surface area contributed by atoms with Crippen LogP contribution in [-0.4, -0.2) is 26.5 Å². The van der Waals surface area contributed by atoms with Gasteiger partial charge in [-0.3, -0.25) is 19.3 Å². The zero-order chi connectivity index (χ0) is 22.3. The second-order valence-electron chi connectivity index (χ2n) is 7.80. The molecule has 0 saturated carbocycles. The van der Waals surface area contributed by atoms with Crippen molar-refractivity contribution >= 4 is 11.8 Å². The summed E-state index contributed by atoms with van der Waals surface area (Å²) in [5.41, 5.74) is 0.315. The summed E-state index contributed by atoms with van der Waals surface area (Å²) in [4.78, 5) is 39.4. The second-order valence-corrected chi connectivity index (χ2v) is 7.80. The van der Waals surface area contributed by atoms with Gasteiger partial charge in [0, 0.05) is 23.7 Å². The third-order valence-electron chi connectivity index (χ3n) is 5.00. The van der Waals surface area contributed by atoms with Crippen LogP contribution in [-0.2, 0) is 13.1 Å². The molecule has 0 N–H and O–H groups in total. The molecule has 158 valence electrons. The maximum Gasteiger partial charge on any atom is 0.271 e. The molecule has 2 heterocycles. The van der Waals surface area contributed by atoms with Crippen LogP contribution in [0, 0.1) is 17.6 Å². The van der Waals surface area contributed by atoms with Crippen LogP contribution in [0.15, 0.2) is 53.3 Å². The first-order valence-electron chi connectivity index (χ1n) is 9.78. The van der Waals surface area contributed by atoms with Crippen LogP contribution < -0.4 is 5.56 Å². The van der Waals surface area contributed by atoms with Crippen molar-refractivity contribution in [2.75, 3.05) is 0 Å². The monoisotopic (exact) mass is 423 g/mol. The van der Waals surface area contributed by atoms with Crippen LogP contribution in [0.25, 0.3) is 11.3 Å². The lowest BCUT2D eigenvalue weighted by atomic mass is 10.1. The molecular formula is C23H19F2N3O3. The molecule has 0 radical (unpaired) electrons. The van der Waals surface area contributed by atoms with Crippen molar-refractivity contribution in [1.29, 1.82) is 0 Å². The Bertz CT molecular complexity index is 1230. The molecule has 8 heteroatoms. The van der Waals surface area contributed by atoms with Crippen LogP contribution in [0.4, 0.5) is 8.78 Å². The van der Waals surface area contributed by atoms with Gasteiger partial charge in [-0.15, -0.1) is 0 Å². The fraction of sp³-hybridized carbons (Fsp3) is 0.217. The highest BCUT2D eigenvalue weighted by atomic mass is 19.1. The molecule has 2 amide bonds. The van der Waals surface area contributed by atoms with Gasteiger partial charge in [-0.1, -0.05) is 26.0 Å². The molecule has 1 aliphatic heterocycles. The third-order valence-corrected chi connectivity index (χ3v) is 5.00. The zero-order valence-corrected chi connectivity index (χ0v) is 16.9. The number of carbonyl (C=O) groups excluding carboxylic acids is 2. The van der Waals surface area contributed by atoms with Gasteiger partial charge < -0.3 is 0 Å². The van der Waals surface area contributed by atoms with E-state index >= 15 is 0 Å². The van der Waals surface area contributed by atoms with Gasteiger partial charge >= 0.3 is 0 Å². The molecule has 4 rings (SSSR count). The minimum absolute atomic E-state index is 0.0162. The number of hydrogen-bond donors (Lipinski definition) is 0. The lowest BCUT2D eigenvalue weighted by molar-refractivity contribution is 0.0641.